The number of thiophene rings is 1. The van der Waals surface area contributed by atoms with Crippen LogP contribution in [-0.2, 0) is 10.5 Å². The van der Waals surface area contributed by atoms with Crippen molar-refractivity contribution in [2.75, 3.05) is 18.5 Å². The first-order valence-electron chi connectivity index (χ1n) is 7.49. The van der Waals surface area contributed by atoms with Gasteiger partial charge in [0.2, 0.25) is 0 Å². The quantitative estimate of drug-likeness (QED) is 0.873. The summed E-state index contributed by atoms with van der Waals surface area (Å²) in [5.74, 6) is 2.76. The van der Waals surface area contributed by atoms with E-state index in [4.69, 9.17) is 14.7 Å². The Labute approximate surface area is 133 Å². The van der Waals surface area contributed by atoms with E-state index in [0.717, 1.165) is 53.6 Å². The summed E-state index contributed by atoms with van der Waals surface area (Å²) in [6.45, 7) is 6.15. The summed E-state index contributed by atoms with van der Waals surface area (Å²) in [6, 6.07) is 2.10. The molecule has 21 heavy (non-hydrogen) atoms. The van der Waals surface area contributed by atoms with Gasteiger partial charge in [-0.3, -0.25) is 0 Å². The van der Waals surface area contributed by atoms with Crippen LogP contribution in [0.3, 0.4) is 0 Å². The molecule has 1 fully saturated rings. The molecule has 0 aromatic carbocycles. The largest absolute Gasteiger partial charge is 0.377 e. The van der Waals surface area contributed by atoms with Gasteiger partial charge in [0.05, 0.1) is 17.2 Å². The van der Waals surface area contributed by atoms with E-state index in [1.54, 1.807) is 11.3 Å². The van der Waals surface area contributed by atoms with Crippen molar-refractivity contribution < 1.29 is 4.74 Å². The molecule has 3 heterocycles. The Kier molecular flexibility index (Phi) is 4.98. The predicted octanol–water partition coefficient (Wildman–Crippen LogP) is 3.92. The highest BCUT2D eigenvalue weighted by molar-refractivity contribution is 7.99. The number of nitrogens with zero attached hydrogens (tertiary/aromatic N) is 2. The fourth-order valence-corrected chi connectivity index (χ4v) is 4.34. The lowest BCUT2D eigenvalue weighted by atomic mass is 10.3. The van der Waals surface area contributed by atoms with E-state index >= 15 is 0 Å². The number of nitrogens with one attached hydrogen (secondary N) is 1. The van der Waals surface area contributed by atoms with E-state index in [2.05, 4.69) is 30.6 Å². The first-order valence-corrected chi connectivity index (χ1v) is 9.42. The molecule has 6 heteroatoms. The van der Waals surface area contributed by atoms with Gasteiger partial charge in [0.25, 0.3) is 0 Å². The van der Waals surface area contributed by atoms with Crippen molar-refractivity contribution in [2.45, 2.75) is 43.8 Å². The Morgan fingerprint density at radius 1 is 1.48 bits per heavy atom. The number of anilines is 1. The third kappa shape index (κ3) is 3.49. The second-order valence-corrected chi connectivity index (χ2v) is 7.39. The molecule has 1 N–H and O–H groups in total. The molecule has 0 aliphatic carbocycles. The molecule has 1 aliphatic heterocycles. The zero-order valence-corrected chi connectivity index (χ0v) is 14.1. The SMILES string of the molecule is CCCNc1nc(CSC2CCOC2C)nc2sccc12. The van der Waals surface area contributed by atoms with Crippen LogP contribution in [0, 0.1) is 0 Å². The normalized spacial score (nSPS) is 22.0. The lowest BCUT2D eigenvalue weighted by molar-refractivity contribution is 0.127. The summed E-state index contributed by atoms with van der Waals surface area (Å²) in [4.78, 5) is 10.5. The summed E-state index contributed by atoms with van der Waals surface area (Å²) in [5.41, 5.74) is 0. The van der Waals surface area contributed by atoms with Crippen molar-refractivity contribution in [1.82, 2.24) is 9.97 Å². The fraction of sp³-hybridized carbons (Fsp3) is 0.600. The molecule has 0 bridgehead atoms. The molecule has 0 saturated carbocycles. The Morgan fingerprint density at radius 2 is 2.38 bits per heavy atom. The Balaban J connectivity index is 1.75. The van der Waals surface area contributed by atoms with Crippen LogP contribution >= 0.6 is 23.1 Å². The number of thioether (sulfide) groups is 1. The zero-order chi connectivity index (χ0) is 14.7. The van der Waals surface area contributed by atoms with E-state index in [9.17, 15) is 0 Å². The molecule has 0 amide bonds. The van der Waals surface area contributed by atoms with Crippen LogP contribution in [0.15, 0.2) is 11.4 Å². The molecule has 2 aromatic rings. The Morgan fingerprint density at radius 3 is 3.14 bits per heavy atom. The fourth-order valence-electron chi connectivity index (χ4n) is 2.45. The average Bonchev–Trinajstić information content (AvgIpc) is 3.11. The van der Waals surface area contributed by atoms with E-state index < -0.39 is 0 Å². The van der Waals surface area contributed by atoms with Crippen LogP contribution in [0.1, 0.15) is 32.5 Å². The van der Waals surface area contributed by atoms with Gasteiger partial charge in [-0.15, -0.1) is 23.1 Å². The van der Waals surface area contributed by atoms with Crippen LogP contribution < -0.4 is 5.32 Å². The highest BCUT2D eigenvalue weighted by Gasteiger charge is 2.24. The molecular formula is C15H21N3OS2. The van der Waals surface area contributed by atoms with Crippen molar-refractivity contribution in [3.8, 4) is 0 Å². The topological polar surface area (TPSA) is 47.0 Å². The molecule has 4 nitrogen and oxygen atoms in total. The first-order chi connectivity index (χ1) is 10.3. The number of aromatic nitrogens is 2. The molecule has 1 saturated heterocycles. The van der Waals surface area contributed by atoms with Gasteiger partial charge >= 0.3 is 0 Å². The van der Waals surface area contributed by atoms with Gasteiger partial charge in [0, 0.05) is 18.4 Å². The molecule has 3 rings (SSSR count). The second-order valence-electron chi connectivity index (χ2n) is 5.27. The number of hydrogen-bond acceptors (Lipinski definition) is 6. The molecule has 114 valence electrons. The van der Waals surface area contributed by atoms with Crippen molar-refractivity contribution in [1.29, 1.82) is 0 Å². The van der Waals surface area contributed by atoms with Crippen molar-refractivity contribution in [3.05, 3.63) is 17.3 Å². The van der Waals surface area contributed by atoms with E-state index in [0.29, 0.717) is 11.4 Å². The zero-order valence-electron chi connectivity index (χ0n) is 12.5. The Hall–Kier alpha value is -0.850. The smallest absolute Gasteiger partial charge is 0.142 e. The summed E-state index contributed by atoms with van der Waals surface area (Å²) in [6.07, 6.45) is 2.57. The Bertz CT molecular complexity index is 602. The molecule has 1 aliphatic rings. The summed E-state index contributed by atoms with van der Waals surface area (Å²) >= 11 is 3.60. The molecule has 0 radical (unpaired) electrons. The molecule has 2 aromatic heterocycles. The number of hydrogen-bond donors (Lipinski definition) is 1. The van der Waals surface area contributed by atoms with Crippen LogP contribution in [0.25, 0.3) is 10.2 Å². The first kappa shape index (κ1) is 15.1. The predicted molar refractivity (Wildman–Crippen MR) is 91.3 cm³/mol. The van der Waals surface area contributed by atoms with Gasteiger partial charge in [0.1, 0.15) is 16.5 Å². The van der Waals surface area contributed by atoms with Crippen molar-refractivity contribution >= 4 is 39.1 Å². The maximum absolute atomic E-state index is 5.62. The van der Waals surface area contributed by atoms with Crippen LogP contribution in [0.4, 0.5) is 5.82 Å². The minimum Gasteiger partial charge on any atom is -0.377 e. The molecule has 2 unspecified atom stereocenters. The average molecular weight is 323 g/mol. The third-order valence-electron chi connectivity index (χ3n) is 3.65. The van der Waals surface area contributed by atoms with Gasteiger partial charge in [-0.1, -0.05) is 6.92 Å². The minimum atomic E-state index is 0.346. The lowest BCUT2D eigenvalue weighted by Gasteiger charge is -2.13. The van der Waals surface area contributed by atoms with E-state index in [1.807, 2.05) is 11.8 Å². The summed E-state index contributed by atoms with van der Waals surface area (Å²) in [5, 5.41) is 7.21. The van der Waals surface area contributed by atoms with Gasteiger partial charge < -0.3 is 10.1 Å². The van der Waals surface area contributed by atoms with Crippen molar-refractivity contribution in [2.24, 2.45) is 0 Å². The number of fused-ring (bicyclic) bond motifs is 1. The summed E-state index contributed by atoms with van der Waals surface area (Å²) < 4.78 is 5.62. The highest BCUT2D eigenvalue weighted by atomic mass is 32.2. The summed E-state index contributed by atoms with van der Waals surface area (Å²) in [7, 11) is 0. The lowest BCUT2D eigenvalue weighted by Crippen LogP contribution is -2.14. The minimum absolute atomic E-state index is 0.346. The third-order valence-corrected chi connectivity index (χ3v) is 5.93. The van der Waals surface area contributed by atoms with E-state index in [1.165, 1.54) is 0 Å². The number of rotatable bonds is 6. The van der Waals surface area contributed by atoms with Gasteiger partial charge in [0.15, 0.2) is 0 Å². The molecule has 0 spiro atoms. The second kappa shape index (κ2) is 6.94. The van der Waals surface area contributed by atoms with Crippen LogP contribution in [0.2, 0.25) is 0 Å². The van der Waals surface area contributed by atoms with E-state index in [-0.39, 0.29) is 0 Å². The molecule has 2 atom stereocenters. The van der Waals surface area contributed by atoms with Gasteiger partial charge in [-0.25, -0.2) is 9.97 Å². The maximum atomic E-state index is 5.62. The van der Waals surface area contributed by atoms with Gasteiger partial charge in [-0.2, -0.15) is 0 Å². The highest BCUT2D eigenvalue weighted by Crippen LogP contribution is 2.30. The van der Waals surface area contributed by atoms with Gasteiger partial charge in [-0.05, 0) is 31.2 Å². The molecular weight excluding hydrogens is 302 g/mol. The van der Waals surface area contributed by atoms with Crippen LogP contribution in [0.5, 0.6) is 0 Å². The maximum Gasteiger partial charge on any atom is 0.142 e. The number of ether oxygens (including phenoxy) is 1. The monoisotopic (exact) mass is 323 g/mol. The van der Waals surface area contributed by atoms with Crippen molar-refractivity contribution in [3.63, 3.8) is 0 Å². The standard InChI is InChI=1S/C15H21N3OS2/c1-3-6-16-14-11-5-8-20-15(11)18-13(17-14)9-21-12-4-7-19-10(12)2/h5,8,10,12H,3-4,6-7,9H2,1-2H3,(H,16,17,18). The van der Waals surface area contributed by atoms with Crippen LogP contribution in [-0.4, -0.2) is 34.5 Å².